The van der Waals surface area contributed by atoms with Crippen LogP contribution in [0.2, 0.25) is 0 Å². The minimum absolute atomic E-state index is 0.215. The van der Waals surface area contributed by atoms with Crippen molar-refractivity contribution in [2.24, 2.45) is 0 Å². The van der Waals surface area contributed by atoms with E-state index in [4.69, 9.17) is 6.42 Å². The third-order valence-corrected chi connectivity index (χ3v) is 2.14. The minimum atomic E-state index is -4.35. The van der Waals surface area contributed by atoms with Crippen LogP contribution in [0, 0.1) is 12.3 Å². The molecule has 0 amide bonds. The first-order valence-corrected chi connectivity index (χ1v) is 4.63. The standard InChI is InChI=1S/C11H11F3N2/c1-3-4-9(15-2)10-6-5-8(7-16-10)11(12,13)14/h1,5-7,9,15H,4H2,2H3. The first-order valence-electron chi connectivity index (χ1n) is 4.63. The summed E-state index contributed by atoms with van der Waals surface area (Å²) < 4.78 is 36.8. The normalized spacial score (nSPS) is 13.2. The molecule has 16 heavy (non-hydrogen) atoms. The molecule has 0 bridgehead atoms. The van der Waals surface area contributed by atoms with Gasteiger partial charge in [0, 0.05) is 12.6 Å². The molecule has 1 atom stereocenters. The molecule has 0 saturated heterocycles. The summed E-state index contributed by atoms with van der Waals surface area (Å²) >= 11 is 0. The molecule has 1 unspecified atom stereocenters. The Labute approximate surface area is 91.9 Å². The summed E-state index contributed by atoms with van der Waals surface area (Å²) in [7, 11) is 1.68. The van der Waals surface area contributed by atoms with E-state index in [1.54, 1.807) is 7.05 Å². The summed E-state index contributed by atoms with van der Waals surface area (Å²) in [5, 5.41) is 2.89. The molecule has 1 rings (SSSR count). The molecule has 1 aromatic heterocycles. The van der Waals surface area contributed by atoms with Gasteiger partial charge in [-0.2, -0.15) is 13.2 Å². The molecule has 2 nitrogen and oxygen atoms in total. The summed E-state index contributed by atoms with van der Waals surface area (Å²) in [6.07, 6.45) is 1.99. The van der Waals surface area contributed by atoms with Gasteiger partial charge in [-0.25, -0.2) is 0 Å². The van der Waals surface area contributed by atoms with Crippen molar-refractivity contribution in [3.63, 3.8) is 0 Å². The van der Waals surface area contributed by atoms with Gasteiger partial charge in [-0.1, -0.05) is 0 Å². The molecule has 0 aliphatic carbocycles. The maximum Gasteiger partial charge on any atom is 0.417 e. The number of aromatic nitrogens is 1. The zero-order chi connectivity index (χ0) is 12.2. The van der Waals surface area contributed by atoms with Crippen LogP contribution in [0.25, 0.3) is 0 Å². The summed E-state index contributed by atoms with van der Waals surface area (Å²) in [4.78, 5) is 3.76. The Morgan fingerprint density at radius 2 is 2.19 bits per heavy atom. The molecule has 0 aromatic carbocycles. The smallest absolute Gasteiger partial charge is 0.311 e. The molecule has 0 radical (unpaired) electrons. The highest BCUT2D eigenvalue weighted by atomic mass is 19.4. The van der Waals surface area contributed by atoms with Crippen molar-refractivity contribution in [2.75, 3.05) is 7.05 Å². The number of halogens is 3. The topological polar surface area (TPSA) is 24.9 Å². The zero-order valence-electron chi connectivity index (χ0n) is 8.67. The lowest BCUT2D eigenvalue weighted by Gasteiger charge is -2.13. The van der Waals surface area contributed by atoms with E-state index in [0.29, 0.717) is 12.1 Å². The van der Waals surface area contributed by atoms with E-state index in [9.17, 15) is 13.2 Å². The van der Waals surface area contributed by atoms with E-state index in [1.165, 1.54) is 6.07 Å². The fourth-order valence-corrected chi connectivity index (χ4v) is 1.25. The molecule has 0 aliphatic rings. The molecule has 1 N–H and O–H groups in total. The third-order valence-electron chi connectivity index (χ3n) is 2.14. The number of hydrogen-bond acceptors (Lipinski definition) is 2. The fourth-order valence-electron chi connectivity index (χ4n) is 1.25. The SMILES string of the molecule is C#CCC(NC)c1ccc(C(F)(F)F)cn1. The van der Waals surface area contributed by atoms with Crippen LogP contribution in [-0.2, 0) is 6.18 Å². The third kappa shape index (κ3) is 2.97. The average molecular weight is 228 g/mol. The number of hydrogen-bond donors (Lipinski definition) is 1. The number of alkyl halides is 3. The second kappa shape index (κ2) is 4.99. The maximum atomic E-state index is 12.3. The van der Waals surface area contributed by atoms with E-state index in [0.717, 1.165) is 12.3 Å². The van der Waals surface area contributed by atoms with E-state index < -0.39 is 11.7 Å². The first-order chi connectivity index (χ1) is 7.49. The molecular weight excluding hydrogens is 217 g/mol. The molecule has 0 aliphatic heterocycles. The van der Waals surface area contributed by atoms with Gasteiger partial charge in [0.25, 0.3) is 0 Å². The zero-order valence-corrected chi connectivity index (χ0v) is 8.67. The van der Waals surface area contributed by atoms with Gasteiger partial charge in [-0.3, -0.25) is 4.98 Å². The van der Waals surface area contributed by atoms with E-state index in [-0.39, 0.29) is 6.04 Å². The largest absolute Gasteiger partial charge is 0.417 e. The van der Waals surface area contributed by atoms with Crippen LogP contribution in [0.3, 0.4) is 0 Å². The monoisotopic (exact) mass is 228 g/mol. The van der Waals surface area contributed by atoms with E-state index in [2.05, 4.69) is 16.2 Å². The van der Waals surface area contributed by atoms with Crippen LogP contribution < -0.4 is 5.32 Å². The van der Waals surface area contributed by atoms with Gasteiger partial charge in [0.1, 0.15) is 0 Å². The van der Waals surface area contributed by atoms with Gasteiger partial charge in [0.15, 0.2) is 0 Å². The van der Waals surface area contributed by atoms with Crippen LogP contribution in [0.15, 0.2) is 18.3 Å². The lowest BCUT2D eigenvalue weighted by Crippen LogP contribution is -2.17. The van der Waals surface area contributed by atoms with Crippen LogP contribution in [0.5, 0.6) is 0 Å². The Kier molecular flexibility index (Phi) is 3.91. The van der Waals surface area contributed by atoms with Gasteiger partial charge in [0.2, 0.25) is 0 Å². The summed E-state index contributed by atoms with van der Waals surface area (Å²) in [6, 6.07) is 2.12. The lowest BCUT2D eigenvalue weighted by atomic mass is 10.1. The van der Waals surface area contributed by atoms with Gasteiger partial charge < -0.3 is 5.32 Å². The lowest BCUT2D eigenvalue weighted by molar-refractivity contribution is -0.137. The predicted molar refractivity (Wildman–Crippen MR) is 54.5 cm³/mol. The van der Waals surface area contributed by atoms with Gasteiger partial charge in [-0.05, 0) is 19.2 Å². The Balaban J connectivity index is 2.90. The predicted octanol–water partition coefficient (Wildman–Crippen LogP) is 2.38. The Bertz CT molecular complexity index is 376. The molecule has 5 heteroatoms. The fraction of sp³-hybridized carbons (Fsp3) is 0.364. The average Bonchev–Trinajstić information content (AvgIpc) is 2.25. The molecule has 0 fully saturated rings. The number of nitrogens with zero attached hydrogens (tertiary/aromatic N) is 1. The Morgan fingerprint density at radius 1 is 1.50 bits per heavy atom. The Hall–Kier alpha value is -1.54. The van der Waals surface area contributed by atoms with Crippen molar-refractivity contribution in [1.82, 2.24) is 10.3 Å². The number of pyridine rings is 1. The number of nitrogens with one attached hydrogen (secondary N) is 1. The second-order valence-electron chi connectivity index (χ2n) is 3.22. The van der Waals surface area contributed by atoms with E-state index >= 15 is 0 Å². The van der Waals surface area contributed by atoms with Gasteiger partial charge >= 0.3 is 6.18 Å². The maximum absolute atomic E-state index is 12.3. The van der Waals surface area contributed by atoms with Crippen LogP contribution in [0.1, 0.15) is 23.7 Å². The molecule has 1 aromatic rings. The van der Waals surface area contributed by atoms with Crippen molar-refractivity contribution in [3.05, 3.63) is 29.6 Å². The summed E-state index contributed by atoms with van der Waals surface area (Å²) in [5.41, 5.74) is -0.250. The summed E-state index contributed by atoms with van der Waals surface area (Å²) in [5.74, 6) is 2.44. The van der Waals surface area contributed by atoms with Crippen molar-refractivity contribution in [1.29, 1.82) is 0 Å². The molecule has 86 valence electrons. The highest BCUT2D eigenvalue weighted by Crippen LogP contribution is 2.29. The Morgan fingerprint density at radius 3 is 2.56 bits per heavy atom. The highest BCUT2D eigenvalue weighted by Gasteiger charge is 2.30. The van der Waals surface area contributed by atoms with Gasteiger partial charge in [0.05, 0.1) is 17.3 Å². The quantitative estimate of drug-likeness (QED) is 0.803. The van der Waals surface area contributed by atoms with Crippen molar-refractivity contribution in [3.8, 4) is 12.3 Å². The molecule has 1 heterocycles. The molecule has 0 spiro atoms. The van der Waals surface area contributed by atoms with Crippen LogP contribution in [0.4, 0.5) is 13.2 Å². The van der Waals surface area contributed by atoms with Crippen LogP contribution >= 0.6 is 0 Å². The van der Waals surface area contributed by atoms with Crippen LogP contribution in [-0.4, -0.2) is 12.0 Å². The highest BCUT2D eigenvalue weighted by molar-refractivity contribution is 5.19. The van der Waals surface area contributed by atoms with Crippen molar-refractivity contribution >= 4 is 0 Å². The molecule has 0 saturated carbocycles. The van der Waals surface area contributed by atoms with E-state index in [1.807, 2.05) is 0 Å². The van der Waals surface area contributed by atoms with Gasteiger partial charge in [-0.15, -0.1) is 12.3 Å². The minimum Gasteiger partial charge on any atom is -0.311 e. The first kappa shape index (κ1) is 12.5. The van der Waals surface area contributed by atoms with Crippen molar-refractivity contribution < 1.29 is 13.2 Å². The molecular formula is C11H11F3N2. The number of terminal acetylenes is 1. The second-order valence-corrected chi connectivity index (χ2v) is 3.22. The van der Waals surface area contributed by atoms with Crippen molar-refractivity contribution in [2.45, 2.75) is 18.6 Å². The summed E-state index contributed by atoms with van der Waals surface area (Å²) in [6.45, 7) is 0. The number of rotatable bonds is 3.